The molecule has 0 saturated carbocycles. The Balaban J connectivity index is 1.05. The van der Waals surface area contributed by atoms with Crippen molar-refractivity contribution in [1.82, 2.24) is 4.57 Å². The van der Waals surface area contributed by atoms with Gasteiger partial charge in [-0.15, -0.1) is 0 Å². The van der Waals surface area contributed by atoms with Crippen molar-refractivity contribution in [1.29, 1.82) is 0 Å². The van der Waals surface area contributed by atoms with E-state index in [1.165, 1.54) is 66.6 Å². The van der Waals surface area contributed by atoms with E-state index in [0.29, 0.717) is 0 Å². The van der Waals surface area contributed by atoms with Crippen molar-refractivity contribution in [3.05, 3.63) is 247 Å². The normalized spacial score (nSPS) is 15.2. The van der Waals surface area contributed by atoms with Crippen LogP contribution in [0.1, 0.15) is 35.1 Å². The largest absolute Gasteiger partial charge is 0.310 e. The summed E-state index contributed by atoms with van der Waals surface area (Å²) >= 11 is 0. The third-order valence-electron chi connectivity index (χ3n) is 13.6. The first kappa shape index (κ1) is 36.2. The second kappa shape index (κ2) is 14.8. The smallest absolute Gasteiger partial charge is 0.0561 e. The van der Waals surface area contributed by atoms with Crippen molar-refractivity contribution in [3.63, 3.8) is 0 Å². The van der Waals surface area contributed by atoms with Crippen LogP contribution in [0.15, 0.2) is 224 Å². The fraction of sp³-hybridized carbons (Fsp3) is 0.0847. The molecule has 0 bridgehead atoms. The lowest BCUT2D eigenvalue weighted by atomic mass is 9.76. The number of para-hydroxylation sites is 5. The molecule has 1 atom stereocenters. The summed E-state index contributed by atoms with van der Waals surface area (Å²) in [6.45, 7) is 0. The molecule has 3 nitrogen and oxygen atoms in total. The standard InChI is InChI=1S/C59H45N3/c1-5-17-42(18-6-1)51-25-13-15-27-56(51)61(50-33-34-53-52-26-14-16-28-57(52)62(58(53)41-50)47-23-11-4-12-24-47)49-32-30-44-36-38-59(55(44)40-49)37-35-43-29-31-48(39-54(43)59)60(45-19-7-2-8-20-45)46-21-9-3-10-22-46/h1-34,39-41H,35-38H2/t59-/m1/s1. The van der Waals surface area contributed by atoms with E-state index in [0.717, 1.165) is 54.1 Å². The molecule has 0 N–H and O–H groups in total. The van der Waals surface area contributed by atoms with E-state index in [1.807, 2.05) is 0 Å². The highest BCUT2D eigenvalue weighted by molar-refractivity contribution is 6.10. The lowest BCUT2D eigenvalue weighted by Gasteiger charge is -2.32. The van der Waals surface area contributed by atoms with E-state index < -0.39 is 0 Å². The number of nitrogens with zero attached hydrogens (tertiary/aromatic N) is 3. The van der Waals surface area contributed by atoms with Gasteiger partial charge in [0.1, 0.15) is 0 Å². The summed E-state index contributed by atoms with van der Waals surface area (Å²) in [7, 11) is 0. The van der Waals surface area contributed by atoms with Crippen LogP contribution in [0.2, 0.25) is 0 Å². The zero-order valence-electron chi connectivity index (χ0n) is 34.5. The van der Waals surface area contributed by atoms with Crippen molar-refractivity contribution >= 4 is 55.9 Å². The Morgan fingerprint density at radius 1 is 0.371 bits per heavy atom. The number of aryl methyl sites for hydroxylation is 2. The van der Waals surface area contributed by atoms with Gasteiger partial charge in [-0.2, -0.15) is 0 Å². The molecular formula is C59H45N3. The Hall–Kier alpha value is -7.62. The van der Waals surface area contributed by atoms with Crippen LogP contribution >= 0.6 is 0 Å². The number of anilines is 6. The number of benzene rings is 9. The summed E-state index contributed by atoms with van der Waals surface area (Å²) in [5.74, 6) is 0. The average Bonchev–Trinajstić information content (AvgIpc) is 4.02. The van der Waals surface area contributed by atoms with E-state index >= 15 is 0 Å². The maximum atomic E-state index is 2.55. The van der Waals surface area contributed by atoms with Gasteiger partial charge in [-0.1, -0.05) is 140 Å². The van der Waals surface area contributed by atoms with E-state index in [1.54, 1.807) is 0 Å². The van der Waals surface area contributed by atoms with Gasteiger partial charge in [-0.05, 0) is 138 Å². The summed E-state index contributed by atoms with van der Waals surface area (Å²) in [5.41, 5.74) is 18.8. The summed E-state index contributed by atoms with van der Waals surface area (Å²) in [4.78, 5) is 4.92. The number of aromatic nitrogens is 1. The number of hydrogen-bond acceptors (Lipinski definition) is 2. The minimum absolute atomic E-state index is 0.0654. The van der Waals surface area contributed by atoms with Crippen molar-refractivity contribution in [2.45, 2.75) is 31.1 Å². The lowest BCUT2D eigenvalue weighted by Crippen LogP contribution is -2.22. The molecule has 62 heavy (non-hydrogen) atoms. The van der Waals surface area contributed by atoms with Crippen LogP contribution in [0.4, 0.5) is 34.1 Å². The molecule has 1 aromatic heterocycles. The van der Waals surface area contributed by atoms with Gasteiger partial charge in [-0.25, -0.2) is 0 Å². The summed E-state index contributed by atoms with van der Waals surface area (Å²) in [6, 6.07) is 82.6. The van der Waals surface area contributed by atoms with E-state index in [4.69, 9.17) is 0 Å². The summed E-state index contributed by atoms with van der Waals surface area (Å²) < 4.78 is 2.42. The predicted molar refractivity (Wildman–Crippen MR) is 259 cm³/mol. The average molecular weight is 796 g/mol. The van der Waals surface area contributed by atoms with Gasteiger partial charge >= 0.3 is 0 Å². The molecule has 0 amide bonds. The van der Waals surface area contributed by atoms with E-state index in [2.05, 4.69) is 239 Å². The fourth-order valence-electron chi connectivity index (χ4n) is 10.8. The quantitative estimate of drug-likeness (QED) is 0.152. The molecular weight excluding hydrogens is 751 g/mol. The Morgan fingerprint density at radius 2 is 0.871 bits per heavy atom. The highest BCUT2D eigenvalue weighted by Gasteiger charge is 2.45. The summed E-state index contributed by atoms with van der Waals surface area (Å²) in [6.07, 6.45) is 4.38. The van der Waals surface area contributed by atoms with E-state index in [-0.39, 0.29) is 5.41 Å². The first-order valence-electron chi connectivity index (χ1n) is 21.9. The molecule has 3 heteroatoms. The SMILES string of the molecule is c1ccc(-c2ccccc2N(c2ccc3c(c2)[C@]2(CCc4ccc(N(c5ccccc5)c5ccccc5)cc42)CC3)c2ccc3c4ccccc4n(-c4ccccc4)c3c2)cc1. The van der Waals surface area contributed by atoms with Crippen molar-refractivity contribution in [3.8, 4) is 16.8 Å². The Kier molecular flexibility index (Phi) is 8.67. The van der Waals surface area contributed by atoms with Gasteiger partial charge in [0.05, 0.1) is 16.7 Å². The third kappa shape index (κ3) is 5.88. The number of rotatable bonds is 8. The van der Waals surface area contributed by atoms with Crippen LogP contribution in [0.3, 0.4) is 0 Å². The molecule has 10 aromatic rings. The Bertz CT molecular complexity index is 3200. The number of hydrogen-bond donors (Lipinski definition) is 0. The van der Waals surface area contributed by atoms with Crippen LogP contribution < -0.4 is 9.80 Å². The molecule has 12 rings (SSSR count). The van der Waals surface area contributed by atoms with Gasteiger partial charge in [0.2, 0.25) is 0 Å². The van der Waals surface area contributed by atoms with Gasteiger partial charge in [-0.3, -0.25) is 0 Å². The minimum atomic E-state index is -0.0654. The highest BCUT2D eigenvalue weighted by Crippen LogP contribution is 2.55. The molecule has 0 aliphatic heterocycles. The molecule has 2 aliphatic rings. The van der Waals surface area contributed by atoms with Crippen LogP contribution in [0.5, 0.6) is 0 Å². The van der Waals surface area contributed by atoms with Gasteiger partial charge < -0.3 is 14.4 Å². The maximum absolute atomic E-state index is 2.55. The van der Waals surface area contributed by atoms with Crippen LogP contribution in [0, 0.1) is 0 Å². The van der Waals surface area contributed by atoms with E-state index in [9.17, 15) is 0 Å². The lowest BCUT2D eigenvalue weighted by molar-refractivity contribution is 0.507. The highest BCUT2D eigenvalue weighted by atomic mass is 15.2. The number of fused-ring (bicyclic) bond motifs is 7. The van der Waals surface area contributed by atoms with Crippen LogP contribution in [-0.4, -0.2) is 4.57 Å². The summed E-state index contributed by atoms with van der Waals surface area (Å²) in [5, 5.41) is 2.50. The zero-order chi connectivity index (χ0) is 41.0. The molecule has 0 radical (unpaired) electrons. The van der Waals surface area contributed by atoms with Crippen molar-refractivity contribution < 1.29 is 0 Å². The zero-order valence-corrected chi connectivity index (χ0v) is 34.5. The van der Waals surface area contributed by atoms with Gasteiger partial charge in [0.25, 0.3) is 0 Å². The first-order chi connectivity index (χ1) is 30.7. The minimum Gasteiger partial charge on any atom is -0.310 e. The molecule has 2 aliphatic carbocycles. The molecule has 1 heterocycles. The second-order valence-corrected chi connectivity index (χ2v) is 16.9. The second-order valence-electron chi connectivity index (χ2n) is 16.9. The molecule has 296 valence electrons. The Labute approximate surface area is 363 Å². The van der Waals surface area contributed by atoms with Gasteiger partial charge in [0.15, 0.2) is 0 Å². The topological polar surface area (TPSA) is 11.4 Å². The maximum Gasteiger partial charge on any atom is 0.0561 e. The van der Waals surface area contributed by atoms with Gasteiger partial charge in [0, 0.05) is 55.9 Å². The predicted octanol–water partition coefficient (Wildman–Crippen LogP) is 15.6. The molecule has 9 aromatic carbocycles. The Morgan fingerprint density at radius 3 is 1.53 bits per heavy atom. The molecule has 0 saturated heterocycles. The fourth-order valence-corrected chi connectivity index (χ4v) is 10.8. The monoisotopic (exact) mass is 795 g/mol. The molecule has 0 unspecified atom stereocenters. The van der Waals surface area contributed by atoms with Crippen LogP contribution in [-0.2, 0) is 18.3 Å². The first-order valence-corrected chi connectivity index (χ1v) is 21.9. The van der Waals surface area contributed by atoms with Crippen molar-refractivity contribution in [2.75, 3.05) is 9.80 Å². The van der Waals surface area contributed by atoms with Crippen molar-refractivity contribution in [2.24, 2.45) is 0 Å². The molecule has 0 fully saturated rings. The molecule has 1 spiro atoms. The van der Waals surface area contributed by atoms with Crippen LogP contribution in [0.25, 0.3) is 38.6 Å². The third-order valence-corrected chi connectivity index (χ3v) is 13.6.